The van der Waals surface area contributed by atoms with E-state index in [0.29, 0.717) is 12.6 Å². The van der Waals surface area contributed by atoms with Crippen LogP contribution in [0, 0.1) is 0 Å². The van der Waals surface area contributed by atoms with Crippen molar-refractivity contribution in [1.29, 1.82) is 0 Å². The first-order chi connectivity index (χ1) is 6.40. The molecule has 0 bridgehead atoms. The fourth-order valence-electron chi connectivity index (χ4n) is 2.00. The predicted molar refractivity (Wildman–Crippen MR) is 58.8 cm³/mol. The third kappa shape index (κ3) is 3.40. The third-order valence-corrected chi connectivity index (χ3v) is 3.81. The van der Waals surface area contributed by atoms with E-state index in [-0.39, 0.29) is 5.75 Å². The van der Waals surface area contributed by atoms with Gasteiger partial charge in [0.1, 0.15) is 17.5 Å². The highest BCUT2D eigenvalue weighted by Crippen LogP contribution is 2.12. The summed E-state index contributed by atoms with van der Waals surface area (Å²) in [6.45, 7) is 4.94. The van der Waals surface area contributed by atoms with Gasteiger partial charge in [-0.15, -0.1) is 0 Å². The minimum atomic E-state index is -2.83. The highest BCUT2D eigenvalue weighted by molar-refractivity contribution is 7.90. The number of hydrogen-bond donors (Lipinski definition) is 0. The van der Waals surface area contributed by atoms with Crippen LogP contribution < -0.4 is 0 Å². The molecular formula is C10H20NO2S+. The molecule has 0 saturated carbocycles. The lowest BCUT2D eigenvalue weighted by atomic mass is 10.0. The van der Waals surface area contributed by atoms with Crippen LogP contribution in [0.1, 0.15) is 33.1 Å². The molecule has 3 nitrogen and oxygen atoms in total. The summed E-state index contributed by atoms with van der Waals surface area (Å²) in [7, 11) is -2.83. The van der Waals surface area contributed by atoms with Crippen LogP contribution in [0.15, 0.2) is 0 Å². The van der Waals surface area contributed by atoms with Crippen molar-refractivity contribution in [2.24, 2.45) is 0 Å². The van der Waals surface area contributed by atoms with Gasteiger partial charge in [0.2, 0.25) is 0 Å². The van der Waals surface area contributed by atoms with Crippen LogP contribution >= 0.6 is 0 Å². The summed E-state index contributed by atoms with van der Waals surface area (Å²) in [4.78, 5) is 0. The molecule has 1 heterocycles. The monoisotopic (exact) mass is 218 g/mol. The van der Waals surface area contributed by atoms with Crippen LogP contribution in [0.25, 0.3) is 0 Å². The topological polar surface area (TPSA) is 37.1 Å². The molecular weight excluding hydrogens is 198 g/mol. The zero-order chi connectivity index (χ0) is 10.8. The maximum atomic E-state index is 11.1. The molecule has 0 aromatic rings. The van der Waals surface area contributed by atoms with Gasteiger partial charge < -0.3 is 0 Å². The molecule has 0 aliphatic carbocycles. The summed E-state index contributed by atoms with van der Waals surface area (Å²) in [5.41, 5.74) is 1.34. The van der Waals surface area contributed by atoms with Gasteiger partial charge in [-0.25, -0.2) is 13.0 Å². The average molecular weight is 218 g/mol. The first-order valence-corrected chi connectivity index (χ1v) is 7.23. The van der Waals surface area contributed by atoms with Crippen LogP contribution in [-0.4, -0.2) is 43.3 Å². The van der Waals surface area contributed by atoms with E-state index in [1.165, 1.54) is 24.8 Å². The van der Waals surface area contributed by atoms with E-state index in [0.717, 1.165) is 6.42 Å². The highest BCUT2D eigenvalue weighted by atomic mass is 32.2. The van der Waals surface area contributed by atoms with Crippen LogP contribution in [0.3, 0.4) is 0 Å². The first-order valence-electron chi connectivity index (χ1n) is 5.17. The van der Waals surface area contributed by atoms with E-state index >= 15 is 0 Å². The predicted octanol–water partition coefficient (Wildman–Crippen LogP) is 1.08. The van der Waals surface area contributed by atoms with Crippen molar-refractivity contribution in [2.75, 3.05) is 18.6 Å². The third-order valence-electron chi connectivity index (χ3n) is 2.89. The highest BCUT2D eigenvalue weighted by Gasteiger charge is 2.24. The number of sulfone groups is 1. The summed E-state index contributed by atoms with van der Waals surface area (Å²) in [5.74, 6) is 0.272. The molecule has 0 spiro atoms. The van der Waals surface area contributed by atoms with Crippen molar-refractivity contribution in [3.8, 4) is 0 Å². The van der Waals surface area contributed by atoms with E-state index in [1.807, 2.05) is 0 Å². The second-order valence-electron chi connectivity index (χ2n) is 4.30. The van der Waals surface area contributed by atoms with Gasteiger partial charge in [0.25, 0.3) is 0 Å². The van der Waals surface area contributed by atoms with Crippen molar-refractivity contribution in [3.05, 3.63) is 0 Å². The molecule has 1 rings (SSSR count). The smallest absolute Gasteiger partial charge is 0.157 e. The van der Waals surface area contributed by atoms with E-state index in [4.69, 9.17) is 0 Å². The first kappa shape index (κ1) is 11.7. The lowest BCUT2D eigenvalue weighted by Gasteiger charge is -2.18. The Hall–Kier alpha value is -0.380. The Morgan fingerprint density at radius 3 is 2.64 bits per heavy atom. The van der Waals surface area contributed by atoms with Gasteiger partial charge in [0.05, 0.1) is 0 Å². The lowest BCUT2D eigenvalue weighted by molar-refractivity contribution is -0.564. The van der Waals surface area contributed by atoms with Crippen molar-refractivity contribution >= 4 is 15.5 Å². The molecule has 1 aliphatic rings. The summed E-state index contributed by atoms with van der Waals surface area (Å²) < 4.78 is 24.3. The van der Waals surface area contributed by atoms with Gasteiger partial charge in [-0.3, -0.25) is 0 Å². The molecule has 0 N–H and O–H groups in total. The van der Waals surface area contributed by atoms with Gasteiger partial charge in [-0.1, -0.05) is 0 Å². The van der Waals surface area contributed by atoms with Gasteiger partial charge in [-0.2, -0.15) is 0 Å². The van der Waals surface area contributed by atoms with Gasteiger partial charge in [-0.05, 0) is 13.3 Å². The molecule has 0 aromatic heterocycles. The average Bonchev–Trinajstić information content (AvgIpc) is 2.01. The molecule has 82 valence electrons. The lowest BCUT2D eigenvalue weighted by Crippen LogP contribution is -2.35. The minimum Gasteiger partial charge on any atom is -0.234 e. The molecule has 0 fully saturated rings. The maximum absolute atomic E-state index is 11.1. The quantitative estimate of drug-likeness (QED) is 0.665. The Labute approximate surface area is 86.7 Å². The molecule has 1 aliphatic heterocycles. The summed E-state index contributed by atoms with van der Waals surface area (Å²) >= 11 is 0. The molecule has 0 amide bonds. The molecule has 0 aromatic carbocycles. The second-order valence-corrected chi connectivity index (χ2v) is 6.56. The minimum absolute atomic E-state index is 0.272. The molecule has 1 unspecified atom stereocenters. The maximum Gasteiger partial charge on any atom is 0.157 e. The molecule has 1 atom stereocenters. The van der Waals surface area contributed by atoms with Crippen molar-refractivity contribution in [1.82, 2.24) is 0 Å². The number of rotatable bonds is 3. The van der Waals surface area contributed by atoms with Gasteiger partial charge in [0, 0.05) is 26.0 Å². The molecule has 0 radical (unpaired) electrons. The Morgan fingerprint density at radius 1 is 1.50 bits per heavy atom. The van der Waals surface area contributed by atoms with Crippen molar-refractivity contribution in [3.63, 3.8) is 0 Å². The Balaban J connectivity index is 2.66. The van der Waals surface area contributed by atoms with Crippen LogP contribution in [0.2, 0.25) is 0 Å². The standard InChI is InChI=1S/C10H20NO2S/c1-9-5-4-6-10(2)11(9)7-8-14(3,12)13/h9H,4-8H2,1-3H3/q+1. The largest absolute Gasteiger partial charge is 0.234 e. The zero-order valence-corrected chi connectivity index (χ0v) is 10.1. The zero-order valence-electron chi connectivity index (χ0n) is 9.28. The summed E-state index contributed by atoms with van der Waals surface area (Å²) in [6, 6.07) is 0.505. The van der Waals surface area contributed by atoms with Crippen molar-refractivity contribution in [2.45, 2.75) is 39.2 Å². The van der Waals surface area contributed by atoms with Gasteiger partial charge >= 0.3 is 0 Å². The van der Waals surface area contributed by atoms with Crippen molar-refractivity contribution < 1.29 is 13.0 Å². The fraction of sp³-hybridized carbons (Fsp3) is 0.900. The van der Waals surface area contributed by atoms with Crippen LogP contribution in [0.4, 0.5) is 0 Å². The fourth-order valence-corrected chi connectivity index (χ4v) is 2.53. The van der Waals surface area contributed by atoms with E-state index < -0.39 is 9.84 Å². The second kappa shape index (κ2) is 4.43. The molecule has 14 heavy (non-hydrogen) atoms. The van der Waals surface area contributed by atoms with E-state index in [9.17, 15) is 8.42 Å². The Bertz CT molecular complexity index is 330. The van der Waals surface area contributed by atoms with E-state index in [2.05, 4.69) is 18.4 Å². The van der Waals surface area contributed by atoms with Gasteiger partial charge in [0.15, 0.2) is 16.4 Å². The summed E-state index contributed by atoms with van der Waals surface area (Å²) in [6.07, 6.45) is 4.84. The van der Waals surface area contributed by atoms with Crippen LogP contribution in [-0.2, 0) is 9.84 Å². The molecule has 4 heteroatoms. The van der Waals surface area contributed by atoms with Crippen LogP contribution in [0.5, 0.6) is 0 Å². The number of nitrogens with zero attached hydrogens (tertiary/aromatic N) is 1. The SMILES string of the molecule is CC1=[N+](CCS(C)(=O)=O)C(C)CCC1. The summed E-state index contributed by atoms with van der Waals surface area (Å²) in [5, 5.41) is 0. The van der Waals surface area contributed by atoms with E-state index in [1.54, 1.807) is 0 Å². The Morgan fingerprint density at radius 2 is 2.14 bits per heavy atom. The number of hydrogen-bond acceptors (Lipinski definition) is 2. The molecule has 0 saturated heterocycles. The Kier molecular flexibility index (Phi) is 3.70. The normalized spacial score (nSPS) is 24.1.